The van der Waals surface area contributed by atoms with Crippen molar-refractivity contribution in [1.82, 2.24) is 14.9 Å². The molecule has 1 N–H and O–H groups in total. The van der Waals surface area contributed by atoms with Crippen molar-refractivity contribution >= 4 is 17.3 Å². The van der Waals surface area contributed by atoms with E-state index in [1.165, 1.54) is 6.07 Å². The van der Waals surface area contributed by atoms with Gasteiger partial charge in [-0.2, -0.15) is 0 Å². The molecule has 1 aromatic carbocycles. The number of halogens is 1. The molecule has 1 aromatic heterocycles. The normalized spacial score (nSPS) is 10.6. The third-order valence-electron chi connectivity index (χ3n) is 2.64. The van der Waals surface area contributed by atoms with Crippen LogP contribution in [0.1, 0.15) is 5.56 Å². The molecule has 100 valence electrons. The largest absolute Gasteiger partial charge is 0.336 e. The van der Waals surface area contributed by atoms with Crippen LogP contribution in [0.2, 0.25) is 5.02 Å². The van der Waals surface area contributed by atoms with Crippen molar-refractivity contribution in [3.8, 4) is 0 Å². The smallest absolute Gasteiger partial charge is 0.288 e. The zero-order chi connectivity index (χ0) is 13.7. The molecule has 2 aromatic rings. The first-order valence-electron chi connectivity index (χ1n) is 5.76. The number of nitro groups is 1. The van der Waals surface area contributed by atoms with Crippen LogP contribution in [-0.2, 0) is 13.1 Å². The highest BCUT2D eigenvalue weighted by atomic mass is 35.5. The molecule has 7 heteroatoms. The fraction of sp³-hybridized carbons (Fsp3) is 0.250. The molecule has 0 saturated carbocycles. The number of benzene rings is 1. The van der Waals surface area contributed by atoms with Crippen LogP contribution in [0, 0.1) is 10.1 Å². The molecule has 0 aliphatic heterocycles. The predicted molar refractivity (Wildman–Crippen MR) is 72.0 cm³/mol. The van der Waals surface area contributed by atoms with Crippen LogP contribution >= 0.6 is 11.6 Å². The molecule has 0 amide bonds. The van der Waals surface area contributed by atoms with Crippen molar-refractivity contribution in [3.05, 3.63) is 57.6 Å². The maximum atomic E-state index is 10.7. The minimum Gasteiger partial charge on any atom is -0.336 e. The van der Waals surface area contributed by atoms with Crippen LogP contribution < -0.4 is 5.32 Å². The fourth-order valence-corrected chi connectivity index (χ4v) is 1.85. The molecule has 0 atom stereocenters. The van der Waals surface area contributed by atoms with E-state index in [2.05, 4.69) is 10.3 Å². The van der Waals surface area contributed by atoms with E-state index in [4.69, 9.17) is 11.6 Å². The summed E-state index contributed by atoms with van der Waals surface area (Å²) in [5.41, 5.74) is 0.775. The van der Waals surface area contributed by atoms with Gasteiger partial charge in [-0.05, 0) is 11.6 Å². The second kappa shape index (κ2) is 6.31. The number of aromatic nitrogens is 2. The Bertz CT molecular complexity index is 557. The summed E-state index contributed by atoms with van der Waals surface area (Å²) in [5, 5.41) is 14.1. The summed E-state index contributed by atoms with van der Waals surface area (Å²) in [6, 6.07) is 4.82. The lowest BCUT2D eigenvalue weighted by Crippen LogP contribution is -2.19. The van der Waals surface area contributed by atoms with Gasteiger partial charge in [0, 0.05) is 38.1 Å². The van der Waals surface area contributed by atoms with E-state index in [1.807, 2.05) is 10.8 Å². The zero-order valence-corrected chi connectivity index (χ0v) is 10.9. The molecule has 0 aliphatic carbocycles. The van der Waals surface area contributed by atoms with Crippen LogP contribution in [0.15, 0.2) is 36.9 Å². The first-order chi connectivity index (χ1) is 9.16. The van der Waals surface area contributed by atoms with Crippen molar-refractivity contribution in [3.63, 3.8) is 0 Å². The molecule has 2 rings (SSSR count). The molecule has 0 aliphatic rings. The monoisotopic (exact) mass is 280 g/mol. The van der Waals surface area contributed by atoms with Crippen molar-refractivity contribution in [2.45, 2.75) is 13.1 Å². The number of hydrogen-bond donors (Lipinski definition) is 1. The highest BCUT2D eigenvalue weighted by Crippen LogP contribution is 2.24. The van der Waals surface area contributed by atoms with Crippen LogP contribution in [0.3, 0.4) is 0 Å². The summed E-state index contributed by atoms with van der Waals surface area (Å²) in [7, 11) is 0. The minimum atomic E-state index is -0.475. The number of imidazole rings is 1. The average molecular weight is 281 g/mol. The number of rotatable bonds is 6. The molecule has 0 fully saturated rings. The van der Waals surface area contributed by atoms with Gasteiger partial charge < -0.3 is 9.88 Å². The lowest BCUT2D eigenvalue weighted by Gasteiger charge is -2.06. The standard InChI is InChI=1S/C12H13ClN4O2/c13-11-2-1-10(7-12(11)17(18)19)8-14-3-5-16-6-4-15-9-16/h1-2,4,6-7,9,14H,3,5,8H2. The van der Waals surface area contributed by atoms with Crippen LogP contribution in [-0.4, -0.2) is 21.0 Å². The second-order valence-corrected chi connectivity index (χ2v) is 4.43. The van der Waals surface area contributed by atoms with Gasteiger partial charge in [-0.1, -0.05) is 17.7 Å². The Morgan fingerprint density at radius 1 is 1.47 bits per heavy atom. The summed E-state index contributed by atoms with van der Waals surface area (Å²) in [4.78, 5) is 14.2. The van der Waals surface area contributed by atoms with Gasteiger partial charge >= 0.3 is 0 Å². The van der Waals surface area contributed by atoms with Crippen LogP contribution in [0.4, 0.5) is 5.69 Å². The van der Waals surface area contributed by atoms with Gasteiger partial charge in [-0.15, -0.1) is 0 Å². The van der Waals surface area contributed by atoms with E-state index >= 15 is 0 Å². The third-order valence-corrected chi connectivity index (χ3v) is 2.96. The number of nitro benzene ring substituents is 1. The first-order valence-corrected chi connectivity index (χ1v) is 6.14. The first kappa shape index (κ1) is 13.5. The van der Waals surface area contributed by atoms with Gasteiger partial charge in [0.05, 0.1) is 11.3 Å². The molecule has 1 heterocycles. The van der Waals surface area contributed by atoms with E-state index in [0.717, 1.165) is 18.7 Å². The lowest BCUT2D eigenvalue weighted by atomic mass is 10.2. The van der Waals surface area contributed by atoms with Crippen LogP contribution in [0.25, 0.3) is 0 Å². The number of hydrogen-bond acceptors (Lipinski definition) is 4. The molecular weight excluding hydrogens is 268 g/mol. The van der Waals surface area contributed by atoms with E-state index in [1.54, 1.807) is 24.7 Å². The van der Waals surface area contributed by atoms with E-state index < -0.39 is 4.92 Å². The molecule has 0 saturated heterocycles. The Hall–Kier alpha value is -1.92. The summed E-state index contributed by atoms with van der Waals surface area (Å²) in [5.74, 6) is 0. The van der Waals surface area contributed by atoms with Crippen molar-refractivity contribution < 1.29 is 4.92 Å². The summed E-state index contributed by atoms with van der Waals surface area (Å²) in [6.45, 7) is 2.12. The highest BCUT2D eigenvalue weighted by Gasteiger charge is 2.12. The fourth-order valence-electron chi connectivity index (χ4n) is 1.67. The second-order valence-electron chi connectivity index (χ2n) is 4.02. The zero-order valence-electron chi connectivity index (χ0n) is 10.1. The van der Waals surface area contributed by atoms with Gasteiger partial charge in [0.15, 0.2) is 0 Å². The molecule has 19 heavy (non-hydrogen) atoms. The van der Waals surface area contributed by atoms with Gasteiger partial charge in [0.1, 0.15) is 5.02 Å². The number of nitrogens with one attached hydrogen (secondary N) is 1. The molecule has 0 unspecified atom stereocenters. The maximum absolute atomic E-state index is 10.7. The maximum Gasteiger partial charge on any atom is 0.288 e. The SMILES string of the molecule is O=[N+]([O-])c1cc(CNCCn2ccnc2)ccc1Cl. The van der Waals surface area contributed by atoms with Gasteiger partial charge in [-0.25, -0.2) is 4.98 Å². The van der Waals surface area contributed by atoms with E-state index in [0.29, 0.717) is 6.54 Å². The molecular formula is C12H13ClN4O2. The van der Waals surface area contributed by atoms with E-state index in [9.17, 15) is 10.1 Å². The van der Waals surface area contributed by atoms with Gasteiger partial charge in [-0.3, -0.25) is 10.1 Å². The third kappa shape index (κ3) is 3.77. The summed E-state index contributed by atoms with van der Waals surface area (Å²) < 4.78 is 1.96. The Morgan fingerprint density at radius 3 is 3.00 bits per heavy atom. The molecule has 0 radical (unpaired) electrons. The number of nitrogens with zero attached hydrogens (tertiary/aromatic N) is 3. The predicted octanol–water partition coefficient (Wildman–Crippen LogP) is 2.23. The Balaban J connectivity index is 1.86. The molecule has 0 bridgehead atoms. The molecule has 0 spiro atoms. The van der Waals surface area contributed by atoms with Gasteiger partial charge in [0.2, 0.25) is 0 Å². The molecule has 6 nitrogen and oxygen atoms in total. The minimum absolute atomic E-state index is 0.0597. The Kier molecular flexibility index (Phi) is 4.48. The van der Waals surface area contributed by atoms with Crippen molar-refractivity contribution in [1.29, 1.82) is 0 Å². The Morgan fingerprint density at radius 2 is 2.32 bits per heavy atom. The lowest BCUT2D eigenvalue weighted by molar-refractivity contribution is -0.384. The average Bonchev–Trinajstić information content (AvgIpc) is 2.89. The highest BCUT2D eigenvalue weighted by molar-refractivity contribution is 6.32. The summed E-state index contributed by atoms with van der Waals surface area (Å²) in [6.07, 6.45) is 5.35. The van der Waals surface area contributed by atoms with E-state index in [-0.39, 0.29) is 10.7 Å². The van der Waals surface area contributed by atoms with Crippen molar-refractivity contribution in [2.75, 3.05) is 6.54 Å². The quantitative estimate of drug-likeness (QED) is 0.500. The van der Waals surface area contributed by atoms with Gasteiger partial charge in [0.25, 0.3) is 5.69 Å². The summed E-state index contributed by atoms with van der Waals surface area (Å²) >= 11 is 5.75. The Labute approximate surface area is 115 Å². The van der Waals surface area contributed by atoms with Crippen LogP contribution in [0.5, 0.6) is 0 Å². The topological polar surface area (TPSA) is 73.0 Å². The van der Waals surface area contributed by atoms with Crippen molar-refractivity contribution in [2.24, 2.45) is 0 Å².